The second kappa shape index (κ2) is 12.2. The van der Waals surface area contributed by atoms with E-state index in [1.807, 2.05) is 18.5 Å². The van der Waals surface area contributed by atoms with Crippen molar-refractivity contribution in [1.29, 1.82) is 5.26 Å². The van der Waals surface area contributed by atoms with Crippen molar-refractivity contribution >= 4 is 23.5 Å². The van der Waals surface area contributed by atoms with E-state index in [1.165, 1.54) is 57.8 Å². The predicted octanol–water partition coefficient (Wildman–Crippen LogP) is 5.07. The van der Waals surface area contributed by atoms with Gasteiger partial charge in [-0.2, -0.15) is 10.2 Å². The van der Waals surface area contributed by atoms with Gasteiger partial charge in [0.15, 0.2) is 0 Å². The summed E-state index contributed by atoms with van der Waals surface area (Å²) in [6.07, 6.45) is 16.9. The van der Waals surface area contributed by atoms with E-state index < -0.39 is 0 Å². The van der Waals surface area contributed by atoms with E-state index in [1.54, 1.807) is 18.0 Å². The molecule has 2 aromatic rings. The minimum absolute atomic E-state index is 0.294. The Hall–Kier alpha value is -2.41. The van der Waals surface area contributed by atoms with Gasteiger partial charge in [-0.1, -0.05) is 6.07 Å². The number of rotatable bonds is 11. The Labute approximate surface area is 242 Å². The summed E-state index contributed by atoms with van der Waals surface area (Å²) < 4.78 is 0. The van der Waals surface area contributed by atoms with Crippen molar-refractivity contribution in [3.63, 3.8) is 0 Å². The number of aromatic nitrogens is 3. The number of aliphatic hydroxyl groups is 1. The number of hydrogen-bond acceptors (Lipinski definition) is 9. The van der Waals surface area contributed by atoms with Crippen molar-refractivity contribution in [2.75, 3.05) is 36.6 Å². The number of aliphatic hydroxyl groups excluding tert-OH is 1. The average molecular weight is 562 g/mol. The molecule has 4 bridgehead atoms. The molecule has 2 heterocycles. The first-order valence-electron chi connectivity index (χ1n) is 15.1. The summed E-state index contributed by atoms with van der Waals surface area (Å²) in [4.78, 5) is 13.6. The largest absolute Gasteiger partial charge is 0.396 e. The Balaban J connectivity index is 1.07. The van der Waals surface area contributed by atoms with Gasteiger partial charge in [0.05, 0.1) is 6.20 Å². The third-order valence-corrected chi connectivity index (χ3v) is 11.0. The summed E-state index contributed by atoms with van der Waals surface area (Å²) in [5.41, 5.74) is 1.89. The molecule has 9 heteroatoms. The number of hydrogen-bond donors (Lipinski definition) is 4. The van der Waals surface area contributed by atoms with Gasteiger partial charge in [-0.05, 0) is 112 Å². The summed E-state index contributed by atoms with van der Waals surface area (Å²) in [7, 11) is 0. The third kappa shape index (κ3) is 5.95. The van der Waals surface area contributed by atoms with Gasteiger partial charge in [-0.15, -0.1) is 11.8 Å². The van der Waals surface area contributed by atoms with Crippen LogP contribution in [0.15, 0.2) is 29.6 Å². The molecule has 0 aliphatic heterocycles. The van der Waals surface area contributed by atoms with Gasteiger partial charge in [0, 0.05) is 37.5 Å². The number of thioether (sulfide) groups is 1. The molecule has 5 atom stereocenters. The predicted molar refractivity (Wildman–Crippen MR) is 159 cm³/mol. The third-order valence-electron chi connectivity index (χ3n) is 10.3. The van der Waals surface area contributed by atoms with E-state index in [4.69, 9.17) is 4.98 Å². The molecular formula is C31H43N7OS. The standard InChI is InChI=1S/C31H43N7OS/c1-40-29-23(3-2-8-33-29)16-35-30-36-17-26(14-32)28(38-30)37-19-31-11-22-9-24(12-31)27(25(10-22)13-31)34-15-20-4-6-21(18-39)7-5-20/h2-3,8,17,20-22,24-25,27,34,39H,4-7,9-13,15-16,18-19H2,1H3,(H2,35,36,37,38)/t20-,21-,22?,24-,25+,27-,31-. The molecule has 2 aromatic heterocycles. The van der Waals surface area contributed by atoms with Crippen molar-refractivity contribution in [1.82, 2.24) is 20.3 Å². The molecule has 5 saturated carbocycles. The molecule has 0 radical (unpaired) electrons. The maximum absolute atomic E-state index is 9.75. The zero-order valence-electron chi connectivity index (χ0n) is 23.6. The van der Waals surface area contributed by atoms with Crippen LogP contribution in [-0.2, 0) is 6.54 Å². The summed E-state index contributed by atoms with van der Waals surface area (Å²) >= 11 is 1.63. The van der Waals surface area contributed by atoms with Crippen LogP contribution < -0.4 is 16.0 Å². The highest BCUT2D eigenvalue weighted by atomic mass is 32.2. The minimum atomic E-state index is 0.294. The summed E-state index contributed by atoms with van der Waals surface area (Å²) in [6, 6.07) is 6.94. The topological polar surface area (TPSA) is 119 Å². The van der Waals surface area contributed by atoms with Crippen LogP contribution in [0.25, 0.3) is 0 Å². The number of nitriles is 1. The number of nitrogens with zero attached hydrogens (tertiary/aromatic N) is 4. The molecular weight excluding hydrogens is 518 g/mol. The lowest BCUT2D eigenvalue weighted by molar-refractivity contribution is -0.0703. The van der Waals surface area contributed by atoms with Gasteiger partial charge >= 0.3 is 0 Å². The number of anilines is 2. The van der Waals surface area contributed by atoms with E-state index in [0.717, 1.165) is 47.4 Å². The lowest BCUT2D eigenvalue weighted by Gasteiger charge is -2.60. The second-order valence-corrected chi connectivity index (χ2v) is 13.7. The van der Waals surface area contributed by atoms with E-state index in [0.29, 0.717) is 47.9 Å². The Bertz CT molecular complexity index is 1190. The Kier molecular flexibility index (Phi) is 8.47. The maximum Gasteiger partial charge on any atom is 0.224 e. The normalized spacial score (nSPS) is 32.5. The maximum atomic E-state index is 9.75. The summed E-state index contributed by atoms with van der Waals surface area (Å²) in [6.45, 7) is 2.96. The molecule has 7 rings (SSSR count). The van der Waals surface area contributed by atoms with Crippen LogP contribution in [-0.4, -0.2) is 52.1 Å². The fourth-order valence-corrected chi connectivity index (χ4v) is 9.10. The van der Waals surface area contributed by atoms with Crippen molar-refractivity contribution in [2.45, 2.75) is 75.4 Å². The van der Waals surface area contributed by atoms with Gasteiger partial charge in [0.25, 0.3) is 0 Å². The van der Waals surface area contributed by atoms with Crippen LogP contribution in [0.2, 0.25) is 0 Å². The highest BCUT2D eigenvalue weighted by Gasteiger charge is 2.55. The van der Waals surface area contributed by atoms with E-state index in [9.17, 15) is 10.4 Å². The Morgan fingerprint density at radius 2 is 1.85 bits per heavy atom. The molecule has 1 unspecified atom stereocenters. The zero-order valence-corrected chi connectivity index (χ0v) is 24.4. The quantitative estimate of drug-likeness (QED) is 0.279. The van der Waals surface area contributed by atoms with Crippen LogP contribution in [0.3, 0.4) is 0 Å². The molecule has 214 valence electrons. The molecule has 8 nitrogen and oxygen atoms in total. The van der Waals surface area contributed by atoms with Crippen LogP contribution >= 0.6 is 11.8 Å². The highest BCUT2D eigenvalue weighted by molar-refractivity contribution is 7.98. The molecule has 5 aliphatic carbocycles. The average Bonchev–Trinajstić information content (AvgIpc) is 2.99. The zero-order chi connectivity index (χ0) is 27.5. The Morgan fingerprint density at radius 1 is 1.07 bits per heavy atom. The Morgan fingerprint density at radius 3 is 2.58 bits per heavy atom. The van der Waals surface area contributed by atoms with Crippen molar-refractivity contribution in [2.24, 2.45) is 35.0 Å². The van der Waals surface area contributed by atoms with E-state index in [2.05, 4.69) is 38.1 Å². The van der Waals surface area contributed by atoms with Gasteiger partial charge in [-0.25, -0.2) is 9.97 Å². The van der Waals surface area contributed by atoms with Crippen LogP contribution in [0.4, 0.5) is 11.8 Å². The first-order chi connectivity index (χ1) is 19.6. The molecule has 5 fully saturated rings. The lowest BCUT2D eigenvalue weighted by atomic mass is 9.48. The number of pyridine rings is 1. The highest BCUT2D eigenvalue weighted by Crippen LogP contribution is 2.60. The first kappa shape index (κ1) is 27.7. The molecule has 0 amide bonds. The molecule has 40 heavy (non-hydrogen) atoms. The fourth-order valence-electron chi connectivity index (χ4n) is 8.53. The van der Waals surface area contributed by atoms with E-state index in [-0.39, 0.29) is 0 Å². The monoisotopic (exact) mass is 561 g/mol. The smallest absolute Gasteiger partial charge is 0.224 e. The molecule has 0 aromatic carbocycles. The van der Waals surface area contributed by atoms with Crippen molar-refractivity contribution in [3.8, 4) is 6.07 Å². The van der Waals surface area contributed by atoms with Crippen LogP contribution in [0, 0.1) is 46.3 Å². The first-order valence-corrected chi connectivity index (χ1v) is 16.4. The number of nitrogens with one attached hydrogen (secondary N) is 3. The van der Waals surface area contributed by atoms with Gasteiger partial charge in [-0.3, -0.25) is 0 Å². The molecule has 5 aliphatic rings. The molecule has 0 spiro atoms. The summed E-state index contributed by atoms with van der Waals surface area (Å²) in [5.74, 6) is 4.81. The van der Waals surface area contributed by atoms with Crippen molar-refractivity contribution < 1.29 is 5.11 Å². The van der Waals surface area contributed by atoms with Gasteiger partial charge in [0.2, 0.25) is 5.95 Å². The molecule has 0 saturated heterocycles. The van der Waals surface area contributed by atoms with Crippen LogP contribution in [0.5, 0.6) is 0 Å². The van der Waals surface area contributed by atoms with E-state index >= 15 is 0 Å². The second-order valence-electron chi connectivity index (χ2n) is 12.9. The van der Waals surface area contributed by atoms with Crippen molar-refractivity contribution in [3.05, 3.63) is 35.7 Å². The van der Waals surface area contributed by atoms with Gasteiger partial charge < -0.3 is 21.1 Å². The summed E-state index contributed by atoms with van der Waals surface area (Å²) in [5, 5.41) is 31.2. The lowest BCUT2D eigenvalue weighted by Crippen LogP contribution is -2.60. The van der Waals surface area contributed by atoms with Gasteiger partial charge in [0.1, 0.15) is 22.5 Å². The fraction of sp³-hybridized carbons (Fsp3) is 0.677. The SMILES string of the molecule is CSc1ncccc1CNc1ncc(C#N)c(NC[C@]23CC4C[C@H](C2)[C@@H](NC[C@H]2CC[C@H](CO)CC2)[C@@H](C4)C3)n1. The van der Waals surface area contributed by atoms with Crippen LogP contribution in [0.1, 0.15) is 68.9 Å². The minimum Gasteiger partial charge on any atom is -0.396 e. The molecule has 4 N–H and O–H groups in total.